The largest absolute Gasteiger partial charge is 0.461 e. The van der Waals surface area contributed by atoms with Crippen molar-refractivity contribution in [3.63, 3.8) is 0 Å². The van der Waals surface area contributed by atoms with E-state index in [0.717, 1.165) is 45.2 Å². The van der Waals surface area contributed by atoms with Gasteiger partial charge in [-0.1, -0.05) is 30.3 Å². The van der Waals surface area contributed by atoms with Gasteiger partial charge < -0.3 is 24.6 Å². The Labute approximate surface area is 288 Å². The smallest absolute Gasteiger partial charge is 0.319 e. The number of morpholine rings is 1. The Morgan fingerprint density at radius 3 is 2.60 bits per heavy atom. The maximum absolute atomic E-state index is 16.8. The third-order valence-electron chi connectivity index (χ3n) is 10.5. The summed E-state index contributed by atoms with van der Waals surface area (Å²) >= 11 is 0. The highest BCUT2D eigenvalue weighted by molar-refractivity contribution is 6.42. The molecule has 0 aliphatic carbocycles. The minimum atomic E-state index is -0.685. The lowest BCUT2D eigenvalue weighted by molar-refractivity contribution is -0.127. The molecule has 4 aromatic rings. The van der Waals surface area contributed by atoms with Crippen LogP contribution in [0.1, 0.15) is 32.1 Å². The van der Waals surface area contributed by atoms with Crippen LogP contribution in [0.3, 0.4) is 0 Å². The van der Waals surface area contributed by atoms with Crippen molar-refractivity contribution in [1.29, 1.82) is 5.41 Å². The van der Waals surface area contributed by atoms with Gasteiger partial charge in [-0.2, -0.15) is 9.97 Å². The number of carbonyl (C=O) groups excluding carboxylic acids is 1. The van der Waals surface area contributed by atoms with Crippen LogP contribution in [0, 0.1) is 17.0 Å². The van der Waals surface area contributed by atoms with E-state index in [1.54, 1.807) is 47.5 Å². The molecule has 0 bridgehead atoms. The first kappa shape index (κ1) is 32.5. The van der Waals surface area contributed by atoms with Crippen molar-refractivity contribution >= 4 is 39.1 Å². The van der Waals surface area contributed by atoms with Gasteiger partial charge in [-0.05, 0) is 62.7 Å². The summed E-state index contributed by atoms with van der Waals surface area (Å²) in [5.74, 6) is -1.05. The molecule has 11 nitrogen and oxygen atoms in total. The minimum absolute atomic E-state index is 0.00616. The van der Waals surface area contributed by atoms with Gasteiger partial charge in [0.1, 0.15) is 35.2 Å². The number of carbonyl (C=O) groups is 1. The van der Waals surface area contributed by atoms with Gasteiger partial charge in [0.15, 0.2) is 5.82 Å². The van der Waals surface area contributed by atoms with Crippen molar-refractivity contribution in [3.05, 3.63) is 66.0 Å². The van der Waals surface area contributed by atoms with Crippen molar-refractivity contribution < 1.29 is 23.0 Å². The Morgan fingerprint density at radius 2 is 1.80 bits per heavy atom. The fraction of sp³-hybridized carbons (Fsp3) is 0.432. The molecule has 2 aromatic heterocycles. The molecule has 260 valence electrons. The number of pyridine rings is 1. The first-order valence-electron chi connectivity index (χ1n) is 17.5. The number of ether oxygens (including phenoxy) is 2. The molecule has 50 heavy (non-hydrogen) atoms. The zero-order valence-corrected chi connectivity index (χ0v) is 27.9. The molecule has 4 aliphatic heterocycles. The predicted molar refractivity (Wildman–Crippen MR) is 186 cm³/mol. The Bertz CT molecular complexity index is 1980. The van der Waals surface area contributed by atoms with Crippen molar-refractivity contribution in [1.82, 2.24) is 30.1 Å². The van der Waals surface area contributed by atoms with Gasteiger partial charge in [-0.25, -0.2) is 8.78 Å². The van der Waals surface area contributed by atoms with Crippen molar-refractivity contribution in [2.24, 2.45) is 0 Å². The van der Waals surface area contributed by atoms with Crippen molar-refractivity contribution in [2.45, 2.75) is 37.6 Å². The van der Waals surface area contributed by atoms with E-state index in [9.17, 15) is 4.79 Å². The average molecular weight is 683 g/mol. The lowest BCUT2D eigenvalue weighted by Gasteiger charge is -2.31. The molecule has 13 heteroatoms. The summed E-state index contributed by atoms with van der Waals surface area (Å²) in [6, 6.07) is 10.1. The average Bonchev–Trinajstić information content (AvgIpc) is 3.64. The molecule has 4 aliphatic rings. The highest BCUT2D eigenvalue weighted by Crippen LogP contribution is 2.40. The molecular weight excluding hydrogens is 642 g/mol. The van der Waals surface area contributed by atoms with Gasteiger partial charge in [0, 0.05) is 49.0 Å². The van der Waals surface area contributed by atoms with E-state index >= 15 is 8.78 Å². The molecule has 0 atom stereocenters. The quantitative estimate of drug-likeness (QED) is 0.268. The van der Waals surface area contributed by atoms with Crippen LogP contribution < -0.4 is 15.0 Å². The second-order valence-electron chi connectivity index (χ2n) is 13.6. The topological polar surface area (TPSA) is 120 Å². The molecule has 0 saturated carbocycles. The fourth-order valence-corrected chi connectivity index (χ4v) is 7.98. The van der Waals surface area contributed by atoms with Crippen molar-refractivity contribution in [3.8, 4) is 17.3 Å². The maximum atomic E-state index is 16.8. The normalized spacial score (nSPS) is 20.2. The van der Waals surface area contributed by atoms with Crippen LogP contribution >= 0.6 is 0 Å². The van der Waals surface area contributed by atoms with Gasteiger partial charge in [0.25, 0.3) is 5.91 Å². The number of hydrogen-bond acceptors (Lipinski definition) is 10. The first-order valence-corrected chi connectivity index (χ1v) is 17.5. The third-order valence-corrected chi connectivity index (χ3v) is 10.5. The molecule has 0 spiro atoms. The van der Waals surface area contributed by atoms with E-state index in [4.69, 9.17) is 19.9 Å². The summed E-state index contributed by atoms with van der Waals surface area (Å²) in [6.45, 7) is 5.76. The van der Waals surface area contributed by atoms with Crippen LogP contribution in [0.15, 0.2) is 54.4 Å². The van der Waals surface area contributed by atoms with Crippen LogP contribution in [0.5, 0.6) is 6.01 Å². The molecule has 1 amide bonds. The Kier molecular flexibility index (Phi) is 8.77. The zero-order valence-electron chi connectivity index (χ0n) is 27.9. The molecule has 0 radical (unpaired) electrons. The molecule has 8 rings (SSSR count). The number of nitrogens with zero attached hydrogens (tertiary/aromatic N) is 6. The lowest BCUT2D eigenvalue weighted by atomic mass is 9.95. The zero-order chi connectivity index (χ0) is 34.2. The molecule has 4 fully saturated rings. The summed E-state index contributed by atoms with van der Waals surface area (Å²) in [5, 5.41) is 13.3. The predicted octanol–water partition coefficient (Wildman–Crippen LogP) is 4.69. The van der Waals surface area contributed by atoms with Crippen LogP contribution in [0.25, 0.3) is 32.9 Å². The number of hydrogen-bond donors (Lipinski definition) is 2. The van der Waals surface area contributed by atoms with E-state index in [0.29, 0.717) is 80.4 Å². The standard InChI is InChI=1S/C37H40F2N8O3/c38-28-9-2-7-24-6-1-8-26(30(24)28)32-31(39)33-27(21-42-32)34(44-36(43-33)50-23-37-10-3-14-47(37)15-4-11-37)46-13-5-12-41-25(22-46)20-29(40)35(48)45-16-18-49-19-17-45/h1-2,6-9,20-21,40-41H,3-5,10-19,22-23H2/b25-20-,40-29?. The number of anilines is 1. The van der Waals surface area contributed by atoms with Gasteiger partial charge in [0.05, 0.1) is 30.7 Å². The number of aromatic nitrogens is 3. The van der Waals surface area contributed by atoms with Gasteiger partial charge >= 0.3 is 6.01 Å². The maximum Gasteiger partial charge on any atom is 0.319 e. The highest BCUT2D eigenvalue weighted by atomic mass is 19.1. The summed E-state index contributed by atoms with van der Waals surface area (Å²) in [4.78, 5) is 33.2. The Morgan fingerprint density at radius 1 is 1.02 bits per heavy atom. The van der Waals surface area contributed by atoms with E-state index in [-0.39, 0.29) is 39.8 Å². The SMILES string of the molecule is N=C(/C=C1/CN(c2nc(OCC34CCCN3CCC4)nc3c(F)c(-c4cccc5cccc(F)c45)ncc23)CCCN1)C(=O)N1CCOCC1. The summed E-state index contributed by atoms with van der Waals surface area (Å²) in [5.41, 5.74) is 0.843. The van der Waals surface area contributed by atoms with Gasteiger partial charge in [-0.15, -0.1) is 0 Å². The van der Waals surface area contributed by atoms with Crippen LogP contribution in [-0.2, 0) is 9.53 Å². The van der Waals surface area contributed by atoms with Gasteiger partial charge in [-0.3, -0.25) is 20.1 Å². The second-order valence-corrected chi connectivity index (χ2v) is 13.6. The monoisotopic (exact) mass is 682 g/mol. The van der Waals surface area contributed by atoms with Crippen LogP contribution in [0.4, 0.5) is 14.6 Å². The van der Waals surface area contributed by atoms with E-state index < -0.39 is 11.6 Å². The summed E-state index contributed by atoms with van der Waals surface area (Å²) < 4.78 is 43.7. The minimum Gasteiger partial charge on any atom is -0.461 e. The third kappa shape index (κ3) is 6.02. The number of amides is 1. The van der Waals surface area contributed by atoms with Crippen LogP contribution in [0.2, 0.25) is 0 Å². The number of benzene rings is 2. The number of fused-ring (bicyclic) bond motifs is 3. The second kappa shape index (κ2) is 13.5. The highest BCUT2D eigenvalue weighted by Gasteiger charge is 2.45. The molecular formula is C37H40F2N8O3. The summed E-state index contributed by atoms with van der Waals surface area (Å²) in [7, 11) is 0. The van der Waals surface area contributed by atoms with E-state index in [1.165, 1.54) is 6.07 Å². The Balaban J connectivity index is 1.19. The molecule has 2 aromatic carbocycles. The fourth-order valence-electron chi connectivity index (χ4n) is 7.98. The molecule has 6 heterocycles. The summed E-state index contributed by atoms with van der Waals surface area (Å²) in [6.07, 6.45) is 8.12. The Hall–Kier alpha value is -4.75. The van der Waals surface area contributed by atoms with Crippen molar-refractivity contribution in [2.75, 3.05) is 70.5 Å². The number of nitrogens with one attached hydrogen (secondary N) is 2. The van der Waals surface area contributed by atoms with E-state index in [1.807, 2.05) is 4.90 Å². The van der Waals surface area contributed by atoms with E-state index in [2.05, 4.69) is 20.2 Å². The first-order chi connectivity index (χ1) is 24.4. The van der Waals surface area contributed by atoms with Gasteiger partial charge in [0.2, 0.25) is 0 Å². The number of rotatable bonds is 7. The lowest BCUT2D eigenvalue weighted by Crippen LogP contribution is -2.43. The molecule has 4 saturated heterocycles. The molecule has 2 N–H and O–H groups in total. The van der Waals surface area contributed by atoms with Crippen LogP contribution in [-0.4, -0.2) is 108 Å². The number of halogens is 2. The molecule has 0 unspecified atom stereocenters.